The fraction of sp³-hybridized carbons (Fsp3) is 0.941. The highest BCUT2D eigenvalue weighted by atomic mass is 16.3. The van der Waals surface area contributed by atoms with Crippen LogP contribution in [0.1, 0.15) is 73.6 Å². The zero-order valence-electron chi connectivity index (χ0n) is 14.0. The van der Waals surface area contributed by atoms with Crippen LogP contribution in [0.4, 0.5) is 0 Å². The van der Waals surface area contributed by atoms with E-state index in [2.05, 4.69) is 20.8 Å². The Hall–Kier alpha value is -0.370. The number of carbonyl (C=O) groups is 1. The first-order valence-electron chi connectivity index (χ1n) is 7.91. The molecule has 1 fully saturated rings. The first-order chi connectivity index (χ1) is 8.84. The molecule has 1 aliphatic carbocycles. The lowest BCUT2D eigenvalue weighted by Crippen LogP contribution is -2.03. The van der Waals surface area contributed by atoms with Crippen LogP contribution >= 0.6 is 0 Å². The minimum Gasteiger partial charge on any atom is -0.396 e. The molecule has 2 heteroatoms. The van der Waals surface area contributed by atoms with Crippen molar-refractivity contribution in [2.45, 2.75) is 73.6 Å². The fourth-order valence-electron chi connectivity index (χ4n) is 1.55. The average Bonchev–Trinajstić information content (AvgIpc) is 2.80. The minimum atomic E-state index is 0.222. The van der Waals surface area contributed by atoms with Gasteiger partial charge in [-0.3, -0.25) is 0 Å². The summed E-state index contributed by atoms with van der Waals surface area (Å²) < 4.78 is 0. The molecular formula is C17H36O2. The molecule has 0 saturated heterocycles. The van der Waals surface area contributed by atoms with Crippen LogP contribution in [-0.2, 0) is 4.79 Å². The van der Waals surface area contributed by atoms with E-state index in [-0.39, 0.29) is 5.92 Å². The summed E-state index contributed by atoms with van der Waals surface area (Å²) in [6.07, 6.45) is 7.87. The molecule has 0 heterocycles. The SMILES string of the molecule is CC(C)C(C)C=O.CC(C)CCO.CC1CCCC1. The van der Waals surface area contributed by atoms with Crippen molar-refractivity contribution in [3.8, 4) is 0 Å². The molecule has 2 nitrogen and oxygen atoms in total. The van der Waals surface area contributed by atoms with E-state index in [1.54, 1.807) is 0 Å². The van der Waals surface area contributed by atoms with E-state index in [1.807, 2.05) is 20.8 Å². The van der Waals surface area contributed by atoms with E-state index in [0.29, 0.717) is 18.4 Å². The number of hydrogen-bond acceptors (Lipinski definition) is 2. The van der Waals surface area contributed by atoms with Crippen LogP contribution in [-0.4, -0.2) is 18.0 Å². The predicted octanol–water partition coefficient (Wildman–Crippen LogP) is 4.70. The molecule has 1 atom stereocenters. The van der Waals surface area contributed by atoms with Gasteiger partial charge in [-0.25, -0.2) is 0 Å². The van der Waals surface area contributed by atoms with Crippen molar-refractivity contribution in [1.29, 1.82) is 0 Å². The first-order valence-corrected chi connectivity index (χ1v) is 7.91. The summed E-state index contributed by atoms with van der Waals surface area (Å²) in [6, 6.07) is 0. The van der Waals surface area contributed by atoms with Crippen molar-refractivity contribution < 1.29 is 9.90 Å². The smallest absolute Gasteiger partial charge is 0.123 e. The van der Waals surface area contributed by atoms with E-state index < -0.39 is 0 Å². The molecule has 0 aliphatic heterocycles. The second-order valence-electron chi connectivity index (χ2n) is 6.53. The fourth-order valence-corrected chi connectivity index (χ4v) is 1.55. The molecule has 1 saturated carbocycles. The van der Waals surface area contributed by atoms with Gasteiger partial charge >= 0.3 is 0 Å². The molecule has 1 unspecified atom stereocenters. The second-order valence-corrected chi connectivity index (χ2v) is 6.53. The Bertz CT molecular complexity index is 182. The Labute approximate surface area is 121 Å². The zero-order chi connectivity index (χ0) is 15.3. The molecule has 0 spiro atoms. The highest BCUT2D eigenvalue weighted by Gasteiger charge is 2.07. The molecule has 0 aromatic rings. The van der Waals surface area contributed by atoms with Gasteiger partial charge in [-0.2, -0.15) is 0 Å². The summed E-state index contributed by atoms with van der Waals surface area (Å²) in [7, 11) is 0. The molecule has 0 amide bonds. The molecule has 0 bridgehead atoms. The van der Waals surface area contributed by atoms with E-state index >= 15 is 0 Å². The lowest BCUT2D eigenvalue weighted by molar-refractivity contribution is -0.111. The lowest BCUT2D eigenvalue weighted by Gasteiger charge is -2.04. The lowest BCUT2D eigenvalue weighted by atomic mass is 10.0. The maximum Gasteiger partial charge on any atom is 0.123 e. The molecule has 0 aromatic heterocycles. The van der Waals surface area contributed by atoms with Crippen LogP contribution in [0.25, 0.3) is 0 Å². The van der Waals surface area contributed by atoms with Crippen LogP contribution in [0.15, 0.2) is 0 Å². The third-order valence-corrected chi connectivity index (χ3v) is 3.62. The summed E-state index contributed by atoms with van der Waals surface area (Å²) in [5, 5.41) is 8.24. The monoisotopic (exact) mass is 272 g/mol. The van der Waals surface area contributed by atoms with Gasteiger partial charge in [0.1, 0.15) is 6.29 Å². The second kappa shape index (κ2) is 14.0. The number of aliphatic hydroxyl groups is 1. The van der Waals surface area contributed by atoms with Gasteiger partial charge in [0.25, 0.3) is 0 Å². The van der Waals surface area contributed by atoms with Crippen LogP contribution in [0.2, 0.25) is 0 Å². The Balaban J connectivity index is 0. The Kier molecular flexibility index (Phi) is 15.5. The molecular weight excluding hydrogens is 236 g/mol. The molecule has 1 rings (SSSR count). The maximum absolute atomic E-state index is 9.95. The summed E-state index contributed by atoms with van der Waals surface area (Å²) in [5.41, 5.74) is 0. The van der Waals surface area contributed by atoms with Crippen LogP contribution in [0.5, 0.6) is 0 Å². The van der Waals surface area contributed by atoms with Gasteiger partial charge in [0, 0.05) is 12.5 Å². The number of carbonyl (C=O) groups excluding carboxylic acids is 1. The van der Waals surface area contributed by atoms with Gasteiger partial charge in [-0.15, -0.1) is 0 Å². The highest BCUT2D eigenvalue weighted by molar-refractivity contribution is 5.52. The van der Waals surface area contributed by atoms with E-state index in [1.165, 1.54) is 25.7 Å². The molecule has 19 heavy (non-hydrogen) atoms. The Morgan fingerprint density at radius 1 is 1.11 bits per heavy atom. The van der Waals surface area contributed by atoms with Gasteiger partial charge in [-0.05, 0) is 24.2 Å². The van der Waals surface area contributed by atoms with Crippen molar-refractivity contribution in [2.75, 3.05) is 6.61 Å². The van der Waals surface area contributed by atoms with E-state index in [0.717, 1.165) is 18.6 Å². The predicted molar refractivity (Wildman–Crippen MR) is 84.2 cm³/mol. The third-order valence-electron chi connectivity index (χ3n) is 3.62. The topological polar surface area (TPSA) is 37.3 Å². The summed E-state index contributed by atoms with van der Waals surface area (Å²) in [4.78, 5) is 9.95. The van der Waals surface area contributed by atoms with Gasteiger partial charge < -0.3 is 9.90 Å². The summed E-state index contributed by atoms with van der Waals surface area (Å²) in [6.45, 7) is 12.9. The Morgan fingerprint density at radius 2 is 1.58 bits per heavy atom. The summed E-state index contributed by atoms with van der Waals surface area (Å²) in [5.74, 6) is 2.41. The third kappa shape index (κ3) is 17.6. The van der Waals surface area contributed by atoms with Crippen LogP contribution < -0.4 is 0 Å². The van der Waals surface area contributed by atoms with Crippen molar-refractivity contribution in [3.63, 3.8) is 0 Å². The molecule has 1 N–H and O–H groups in total. The van der Waals surface area contributed by atoms with Gasteiger partial charge in [-0.1, -0.05) is 67.2 Å². The molecule has 1 aliphatic rings. The van der Waals surface area contributed by atoms with Gasteiger partial charge in [0.15, 0.2) is 0 Å². The molecule has 0 radical (unpaired) electrons. The van der Waals surface area contributed by atoms with Crippen LogP contribution in [0.3, 0.4) is 0 Å². The normalized spacial score (nSPS) is 16.5. The minimum absolute atomic E-state index is 0.222. The van der Waals surface area contributed by atoms with Crippen molar-refractivity contribution in [1.82, 2.24) is 0 Å². The molecule has 116 valence electrons. The number of aliphatic hydroxyl groups excluding tert-OH is 1. The zero-order valence-corrected chi connectivity index (χ0v) is 14.0. The largest absolute Gasteiger partial charge is 0.396 e. The Morgan fingerprint density at radius 3 is 1.63 bits per heavy atom. The van der Waals surface area contributed by atoms with Gasteiger partial charge in [0.05, 0.1) is 0 Å². The van der Waals surface area contributed by atoms with Gasteiger partial charge in [0.2, 0.25) is 0 Å². The first kappa shape index (κ1) is 20.9. The quantitative estimate of drug-likeness (QED) is 0.753. The van der Waals surface area contributed by atoms with Crippen molar-refractivity contribution >= 4 is 6.29 Å². The number of aldehydes is 1. The van der Waals surface area contributed by atoms with Crippen molar-refractivity contribution in [3.05, 3.63) is 0 Å². The van der Waals surface area contributed by atoms with Crippen molar-refractivity contribution in [2.24, 2.45) is 23.7 Å². The van der Waals surface area contributed by atoms with E-state index in [4.69, 9.17) is 5.11 Å². The number of hydrogen-bond donors (Lipinski definition) is 1. The summed E-state index contributed by atoms with van der Waals surface area (Å²) >= 11 is 0. The standard InChI is InChI=1S/C6H12O.C6H12.C5H12O/c1-5(2)6(3)4-7;1-6-4-2-3-5-6;1-5(2)3-4-6/h4-6H,1-3H3;6H,2-5H2,1H3;5-6H,3-4H2,1-2H3. The van der Waals surface area contributed by atoms with E-state index in [9.17, 15) is 4.79 Å². The maximum atomic E-state index is 9.95. The van der Waals surface area contributed by atoms with Crippen LogP contribution in [0, 0.1) is 23.7 Å². The molecule has 0 aromatic carbocycles. The highest BCUT2D eigenvalue weighted by Crippen LogP contribution is 2.22. The average molecular weight is 272 g/mol. The number of rotatable bonds is 4.